The van der Waals surface area contributed by atoms with E-state index in [4.69, 9.17) is 9.47 Å². The van der Waals surface area contributed by atoms with Crippen LogP contribution in [0.3, 0.4) is 0 Å². The first-order valence-electron chi connectivity index (χ1n) is 11.0. The molecule has 1 saturated heterocycles. The van der Waals surface area contributed by atoms with Crippen molar-refractivity contribution in [2.75, 3.05) is 12.0 Å². The Hall–Kier alpha value is -3.80. The predicted octanol–water partition coefficient (Wildman–Crippen LogP) is 5.50. The molecule has 170 valence electrons. The first-order chi connectivity index (χ1) is 15.9. The van der Waals surface area contributed by atoms with Gasteiger partial charge in [0.25, 0.3) is 5.91 Å². The van der Waals surface area contributed by atoms with Crippen molar-refractivity contribution in [2.45, 2.75) is 39.3 Å². The zero-order valence-electron chi connectivity index (χ0n) is 19.3. The molecule has 3 aromatic rings. The highest BCUT2D eigenvalue weighted by Gasteiger charge is 2.40. The number of nitrogens with zero attached hydrogens (tertiary/aromatic N) is 1. The summed E-state index contributed by atoms with van der Waals surface area (Å²) in [5.41, 5.74) is 4.15. The maximum absolute atomic E-state index is 13.2. The fourth-order valence-electron chi connectivity index (χ4n) is 3.93. The highest BCUT2D eigenvalue weighted by atomic mass is 16.5. The van der Waals surface area contributed by atoms with Crippen LogP contribution in [0.15, 0.2) is 66.7 Å². The third-order valence-electron chi connectivity index (χ3n) is 5.90. The van der Waals surface area contributed by atoms with Gasteiger partial charge >= 0.3 is 6.03 Å². The molecular weight excluding hydrogens is 416 g/mol. The summed E-state index contributed by atoms with van der Waals surface area (Å²) in [5, 5.41) is 2.82. The number of rotatable bonds is 7. The van der Waals surface area contributed by atoms with Gasteiger partial charge in [0.2, 0.25) is 0 Å². The quantitative estimate of drug-likeness (QED) is 0.489. The van der Waals surface area contributed by atoms with Gasteiger partial charge in [0.1, 0.15) is 24.1 Å². The third kappa shape index (κ3) is 4.55. The van der Waals surface area contributed by atoms with Crippen LogP contribution in [0.5, 0.6) is 11.5 Å². The van der Waals surface area contributed by atoms with E-state index in [0.717, 1.165) is 22.4 Å². The van der Waals surface area contributed by atoms with E-state index < -0.39 is 12.1 Å². The van der Waals surface area contributed by atoms with Crippen LogP contribution in [0.4, 0.5) is 10.5 Å². The van der Waals surface area contributed by atoms with Crippen molar-refractivity contribution >= 4 is 17.6 Å². The SMILES string of the molecule is COc1cccc(COc2cccc(N3C(=O)NC(c4ccc(C(C)C)cc4)C3=O)c2C)c1. The average Bonchev–Trinajstić information content (AvgIpc) is 3.12. The van der Waals surface area contributed by atoms with Gasteiger partial charge in [0.15, 0.2) is 0 Å². The number of hydrogen-bond acceptors (Lipinski definition) is 4. The normalized spacial score (nSPS) is 15.7. The lowest BCUT2D eigenvalue weighted by molar-refractivity contribution is -0.118. The molecule has 0 radical (unpaired) electrons. The topological polar surface area (TPSA) is 67.9 Å². The predicted molar refractivity (Wildman–Crippen MR) is 128 cm³/mol. The largest absolute Gasteiger partial charge is 0.497 e. The zero-order valence-corrected chi connectivity index (χ0v) is 19.3. The lowest BCUT2D eigenvalue weighted by atomic mass is 9.99. The summed E-state index contributed by atoms with van der Waals surface area (Å²) in [5.74, 6) is 1.46. The van der Waals surface area contributed by atoms with Gasteiger partial charge in [-0.05, 0) is 53.8 Å². The number of carbonyl (C=O) groups excluding carboxylic acids is 2. The molecule has 1 aliphatic rings. The third-order valence-corrected chi connectivity index (χ3v) is 5.90. The Morgan fingerprint density at radius 1 is 1.00 bits per heavy atom. The van der Waals surface area contributed by atoms with E-state index in [2.05, 4.69) is 19.2 Å². The first-order valence-corrected chi connectivity index (χ1v) is 11.0. The number of amides is 3. The molecule has 0 bridgehead atoms. The number of imide groups is 1. The number of hydrogen-bond donors (Lipinski definition) is 1. The molecule has 1 N–H and O–H groups in total. The molecule has 33 heavy (non-hydrogen) atoms. The van der Waals surface area contributed by atoms with Gasteiger partial charge in [0, 0.05) is 5.56 Å². The number of ether oxygens (including phenoxy) is 2. The van der Waals surface area contributed by atoms with E-state index in [1.54, 1.807) is 19.2 Å². The maximum Gasteiger partial charge on any atom is 0.329 e. The van der Waals surface area contributed by atoms with Crippen LogP contribution in [-0.4, -0.2) is 19.0 Å². The molecule has 0 aromatic heterocycles. The van der Waals surface area contributed by atoms with Crippen molar-refractivity contribution in [3.8, 4) is 11.5 Å². The van der Waals surface area contributed by atoms with E-state index in [1.807, 2.05) is 61.5 Å². The molecule has 0 spiro atoms. The van der Waals surface area contributed by atoms with Crippen LogP contribution >= 0.6 is 0 Å². The summed E-state index contributed by atoms with van der Waals surface area (Å²) >= 11 is 0. The van der Waals surface area contributed by atoms with Crippen LogP contribution in [0.25, 0.3) is 0 Å². The molecule has 1 fully saturated rings. The number of carbonyl (C=O) groups is 2. The molecule has 1 unspecified atom stereocenters. The van der Waals surface area contributed by atoms with Crippen LogP contribution in [0.2, 0.25) is 0 Å². The lowest BCUT2D eigenvalue weighted by Gasteiger charge is -2.18. The van der Waals surface area contributed by atoms with Crippen molar-refractivity contribution in [1.29, 1.82) is 0 Å². The van der Waals surface area contributed by atoms with E-state index in [1.165, 1.54) is 10.5 Å². The van der Waals surface area contributed by atoms with Crippen molar-refractivity contribution in [3.05, 3.63) is 89.0 Å². The molecule has 1 atom stereocenters. The minimum absolute atomic E-state index is 0.301. The summed E-state index contributed by atoms with van der Waals surface area (Å²) in [6, 6.07) is 19.7. The van der Waals surface area contributed by atoms with Crippen molar-refractivity contribution < 1.29 is 19.1 Å². The number of anilines is 1. The summed E-state index contributed by atoms with van der Waals surface area (Å²) in [6.45, 7) is 6.42. The fraction of sp³-hybridized carbons (Fsp3) is 0.259. The van der Waals surface area contributed by atoms with Crippen molar-refractivity contribution in [3.63, 3.8) is 0 Å². The van der Waals surface area contributed by atoms with Gasteiger partial charge in [-0.3, -0.25) is 4.79 Å². The van der Waals surface area contributed by atoms with Gasteiger partial charge in [-0.2, -0.15) is 0 Å². The second kappa shape index (κ2) is 9.36. The number of nitrogens with one attached hydrogen (secondary N) is 1. The maximum atomic E-state index is 13.2. The van der Waals surface area contributed by atoms with Gasteiger partial charge in [0.05, 0.1) is 12.8 Å². The Kier molecular flexibility index (Phi) is 6.36. The van der Waals surface area contributed by atoms with E-state index in [0.29, 0.717) is 24.0 Å². The number of methoxy groups -OCH3 is 1. The molecular formula is C27H28N2O4. The molecule has 3 aromatic carbocycles. The Labute approximate surface area is 194 Å². The molecule has 1 aliphatic heterocycles. The second-order valence-electron chi connectivity index (χ2n) is 8.42. The van der Waals surface area contributed by atoms with Gasteiger partial charge in [-0.1, -0.05) is 56.3 Å². The lowest BCUT2D eigenvalue weighted by Crippen LogP contribution is -2.31. The zero-order chi connectivity index (χ0) is 23.5. The monoisotopic (exact) mass is 444 g/mol. The molecule has 6 nitrogen and oxygen atoms in total. The van der Waals surface area contributed by atoms with Crippen LogP contribution in [0.1, 0.15) is 48.1 Å². The molecule has 3 amide bonds. The van der Waals surface area contributed by atoms with Gasteiger partial charge in [-0.25, -0.2) is 9.69 Å². The van der Waals surface area contributed by atoms with Crippen LogP contribution in [0, 0.1) is 6.92 Å². The molecule has 0 aliphatic carbocycles. The van der Waals surface area contributed by atoms with E-state index >= 15 is 0 Å². The summed E-state index contributed by atoms with van der Waals surface area (Å²) in [7, 11) is 1.62. The van der Waals surface area contributed by atoms with Gasteiger partial charge in [-0.15, -0.1) is 0 Å². The molecule has 0 saturated carbocycles. The molecule has 1 heterocycles. The minimum Gasteiger partial charge on any atom is -0.497 e. The summed E-state index contributed by atoms with van der Waals surface area (Å²) in [4.78, 5) is 27.2. The highest BCUT2D eigenvalue weighted by Crippen LogP contribution is 2.34. The standard InChI is InChI=1S/C27H28N2O4/c1-17(2)20-11-13-21(14-12-20)25-26(30)29(27(31)28-25)23-9-6-10-24(18(23)3)33-16-19-7-5-8-22(15-19)32-4/h5-15,17,25H,16H2,1-4H3,(H,28,31). The Morgan fingerprint density at radius 2 is 1.73 bits per heavy atom. The molecule has 4 rings (SSSR count). The van der Waals surface area contributed by atoms with Crippen molar-refractivity contribution in [1.82, 2.24) is 5.32 Å². The second-order valence-corrected chi connectivity index (χ2v) is 8.42. The fourth-order valence-corrected chi connectivity index (χ4v) is 3.93. The summed E-state index contributed by atoms with van der Waals surface area (Å²) in [6.07, 6.45) is 0. The van der Waals surface area contributed by atoms with Crippen LogP contribution in [-0.2, 0) is 11.4 Å². The van der Waals surface area contributed by atoms with Crippen molar-refractivity contribution in [2.24, 2.45) is 0 Å². The van der Waals surface area contributed by atoms with E-state index in [9.17, 15) is 9.59 Å². The first kappa shape index (κ1) is 22.4. The number of urea groups is 1. The van der Waals surface area contributed by atoms with Crippen LogP contribution < -0.4 is 19.7 Å². The summed E-state index contributed by atoms with van der Waals surface area (Å²) < 4.78 is 11.3. The highest BCUT2D eigenvalue weighted by molar-refractivity contribution is 6.22. The number of benzene rings is 3. The Bertz CT molecular complexity index is 1170. The Balaban J connectivity index is 1.54. The van der Waals surface area contributed by atoms with Gasteiger partial charge < -0.3 is 14.8 Å². The minimum atomic E-state index is -0.709. The molecule has 6 heteroatoms. The Morgan fingerprint density at radius 3 is 2.42 bits per heavy atom. The average molecular weight is 445 g/mol. The van der Waals surface area contributed by atoms with E-state index in [-0.39, 0.29) is 5.91 Å². The smallest absolute Gasteiger partial charge is 0.329 e.